The molecule has 0 atom stereocenters. The Hall–Kier alpha value is -1.00. The molecule has 0 spiro atoms. The maximum absolute atomic E-state index is 13.4. The topological polar surface area (TPSA) is 37.0 Å². The van der Waals surface area contributed by atoms with E-state index in [0.717, 1.165) is 37.2 Å². The standard InChI is InChI=1S/C13H20FN3/c1-9-11(7-13(14)10(2)17-9)8-16-12-3-5-15-6-4-12/h7,12,15-16H,3-6,8H2,1-2H3. The monoisotopic (exact) mass is 237 g/mol. The number of nitrogens with zero attached hydrogens (tertiary/aromatic N) is 1. The lowest BCUT2D eigenvalue weighted by atomic mass is 10.1. The van der Waals surface area contributed by atoms with Gasteiger partial charge in [0.15, 0.2) is 0 Å². The number of nitrogens with one attached hydrogen (secondary N) is 2. The number of aryl methyl sites for hydroxylation is 2. The van der Waals surface area contributed by atoms with Crippen LogP contribution in [-0.4, -0.2) is 24.1 Å². The van der Waals surface area contributed by atoms with Crippen LogP contribution in [0.15, 0.2) is 6.07 Å². The van der Waals surface area contributed by atoms with Crippen molar-refractivity contribution in [3.8, 4) is 0 Å². The molecule has 0 unspecified atom stereocenters. The fourth-order valence-electron chi connectivity index (χ4n) is 2.20. The summed E-state index contributed by atoms with van der Waals surface area (Å²) in [6.07, 6.45) is 2.28. The minimum absolute atomic E-state index is 0.210. The third-order valence-electron chi connectivity index (χ3n) is 3.37. The molecule has 1 aliphatic heterocycles. The van der Waals surface area contributed by atoms with Crippen molar-refractivity contribution in [2.45, 2.75) is 39.3 Å². The summed E-state index contributed by atoms with van der Waals surface area (Å²) in [6, 6.07) is 2.14. The molecule has 17 heavy (non-hydrogen) atoms. The smallest absolute Gasteiger partial charge is 0.144 e. The van der Waals surface area contributed by atoms with Crippen LogP contribution in [0.2, 0.25) is 0 Å². The Morgan fingerprint density at radius 1 is 1.35 bits per heavy atom. The van der Waals surface area contributed by atoms with Crippen LogP contribution in [0.25, 0.3) is 0 Å². The van der Waals surface area contributed by atoms with Crippen molar-refractivity contribution in [3.63, 3.8) is 0 Å². The zero-order valence-corrected chi connectivity index (χ0v) is 10.5. The molecule has 2 heterocycles. The Labute approximate surface area is 102 Å². The molecular weight excluding hydrogens is 217 g/mol. The first-order chi connectivity index (χ1) is 8.16. The van der Waals surface area contributed by atoms with Crippen molar-refractivity contribution in [1.29, 1.82) is 0 Å². The van der Waals surface area contributed by atoms with Crippen molar-refractivity contribution in [3.05, 3.63) is 28.8 Å². The van der Waals surface area contributed by atoms with Gasteiger partial charge in [0.05, 0.1) is 5.69 Å². The van der Waals surface area contributed by atoms with Crippen LogP contribution < -0.4 is 10.6 Å². The second-order valence-electron chi connectivity index (χ2n) is 4.71. The highest BCUT2D eigenvalue weighted by atomic mass is 19.1. The van der Waals surface area contributed by atoms with Crippen LogP contribution in [0.4, 0.5) is 4.39 Å². The Bertz CT molecular complexity index is 386. The molecule has 1 aromatic rings. The zero-order chi connectivity index (χ0) is 12.3. The quantitative estimate of drug-likeness (QED) is 0.840. The van der Waals surface area contributed by atoms with E-state index >= 15 is 0 Å². The van der Waals surface area contributed by atoms with E-state index < -0.39 is 0 Å². The molecule has 0 bridgehead atoms. The van der Waals surface area contributed by atoms with Crippen LogP contribution in [0.1, 0.15) is 29.8 Å². The number of hydrogen-bond acceptors (Lipinski definition) is 3. The number of aromatic nitrogens is 1. The first-order valence-corrected chi connectivity index (χ1v) is 6.23. The normalized spacial score (nSPS) is 17.4. The van der Waals surface area contributed by atoms with E-state index in [4.69, 9.17) is 0 Å². The van der Waals surface area contributed by atoms with Gasteiger partial charge in [-0.3, -0.25) is 4.98 Å². The highest BCUT2D eigenvalue weighted by Crippen LogP contribution is 2.12. The summed E-state index contributed by atoms with van der Waals surface area (Å²) in [7, 11) is 0. The minimum Gasteiger partial charge on any atom is -0.317 e. The Morgan fingerprint density at radius 3 is 2.76 bits per heavy atom. The molecule has 94 valence electrons. The molecule has 0 aromatic carbocycles. The average molecular weight is 237 g/mol. The lowest BCUT2D eigenvalue weighted by Crippen LogP contribution is -2.39. The average Bonchev–Trinajstić information content (AvgIpc) is 2.33. The zero-order valence-electron chi connectivity index (χ0n) is 10.5. The number of halogens is 1. The van der Waals surface area contributed by atoms with E-state index in [9.17, 15) is 4.39 Å². The summed E-state index contributed by atoms with van der Waals surface area (Å²) in [4.78, 5) is 4.21. The van der Waals surface area contributed by atoms with E-state index in [-0.39, 0.29) is 5.82 Å². The molecule has 2 N–H and O–H groups in total. The van der Waals surface area contributed by atoms with Gasteiger partial charge < -0.3 is 10.6 Å². The maximum Gasteiger partial charge on any atom is 0.144 e. The summed E-state index contributed by atoms with van der Waals surface area (Å²) >= 11 is 0. The van der Waals surface area contributed by atoms with E-state index in [2.05, 4.69) is 15.6 Å². The molecule has 1 aliphatic rings. The van der Waals surface area contributed by atoms with E-state index in [1.807, 2.05) is 6.92 Å². The van der Waals surface area contributed by atoms with Crippen molar-refractivity contribution in [2.75, 3.05) is 13.1 Å². The van der Waals surface area contributed by atoms with Crippen molar-refractivity contribution in [2.24, 2.45) is 0 Å². The fraction of sp³-hybridized carbons (Fsp3) is 0.615. The first-order valence-electron chi connectivity index (χ1n) is 6.23. The van der Waals surface area contributed by atoms with Gasteiger partial charge in [-0.15, -0.1) is 0 Å². The SMILES string of the molecule is Cc1nc(C)c(CNC2CCNCC2)cc1F. The van der Waals surface area contributed by atoms with E-state index in [1.54, 1.807) is 13.0 Å². The first kappa shape index (κ1) is 12.5. The molecule has 4 heteroatoms. The Kier molecular flexibility index (Phi) is 4.07. The van der Waals surface area contributed by atoms with Gasteiger partial charge in [0, 0.05) is 18.3 Å². The summed E-state index contributed by atoms with van der Waals surface area (Å²) in [5.41, 5.74) is 2.37. The van der Waals surface area contributed by atoms with Gasteiger partial charge in [-0.1, -0.05) is 0 Å². The lowest BCUT2D eigenvalue weighted by Gasteiger charge is -2.24. The van der Waals surface area contributed by atoms with E-state index in [0.29, 0.717) is 18.3 Å². The second kappa shape index (κ2) is 5.56. The molecule has 0 radical (unpaired) electrons. The second-order valence-corrected chi connectivity index (χ2v) is 4.71. The predicted molar refractivity (Wildman–Crippen MR) is 66.4 cm³/mol. The molecule has 2 rings (SSSR count). The van der Waals surface area contributed by atoms with Crippen molar-refractivity contribution < 1.29 is 4.39 Å². The molecule has 1 saturated heterocycles. The molecule has 1 fully saturated rings. The highest BCUT2D eigenvalue weighted by molar-refractivity contribution is 5.23. The minimum atomic E-state index is -0.210. The number of piperidine rings is 1. The van der Waals surface area contributed by atoms with Gasteiger partial charge in [0.1, 0.15) is 5.82 Å². The van der Waals surface area contributed by atoms with Crippen LogP contribution >= 0.6 is 0 Å². The lowest BCUT2D eigenvalue weighted by molar-refractivity contribution is 0.385. The van der Waals surface area contributed by atoms with Crippen LogP contribution in [-0.2, 0) is 6.54 Å². The molecule has 1 aromatic heterocycles. The highest BCUT2D eigenvalue weighted by Gasteiger charge is 2.13. The number of rotatable bonds is 3. The van der Waals surface area contributed by atoms with Crippen molar-refractivity contribution in [1.82, 2.24) is 15.6 Å². The van der Waals surface area contributed by atoms with Crippen LogP contribution in [0, 0.1) is 19.7 Å². The van der Waals surface area contributed by atoms with Gasteiger partial charge in [-0.25, -0.2) is 4.39 Å². The van der Waals surface area contributed by atoms with Gasteiger partial charge >= 0.3 is 0 Å². The molecule has 0 amide bonds. The molecule has 0 aliphatic carbocycles. The molecular formula is C13H20FN3. The van der Waals surface area contributed by atoms with Gasteiger partial charge in [0.25, 0.3) is 0 Å². The number of pyridine rings is 1. The fourth-order valence-corrected chi connectivity index (χ4v) is 2.20. The Balaban J connectivity index is 1.96. The van der Waals surface area contributed by atoms with Crippen molar-refractivity contribution >= 4 is 0 Å². The Morgan fingerprint density at radius 2 is 2.06 bits per heavy atom. The summed E-state index contributed by atoms with van der Waals surface area (Å²) in [6.45, 7) is 6.48. The largest absolute Gasteiger partial charge is 0.317 e. The van der Waals surface area contributed by atoms with Crippen LogP contribution in [0.5, 0.6) is 0 Å². The summed E-state index contributed by atoms with van der Waals surface area (Å²) in [5, 5.41) is 6.81. The third kappa shape index (κ3) is 3.23. The van der Waals surface area contributed by atoms with Gasteiger partial charge in [-0.2, -0.15) is 0 Å². The van der Waals surface area contributed by atoms with E-state index in [1.165, 1.54) is 0 Å². The van der Waals surface area contributed by atoms with Gasteiger partial charge in [0.2, 0.25) is 0 Å². The summed E-state index contributed by atoms with van der Waals surface area (Å²) < 4.78 is 13.4. The van der Waals surface area contributed by atoms with Gasteiger partial charge in [-0.05, 0) is 51.4 Å². The summed E-state index contributed by atoms with van der Waals surface area (Å²) in [5.74, 6) is -0.210. The predicted octanol–water partition coefficient (Wildman–Crippen LogP) is 1.68. The van der Waals surface area contributed by atoms with Crippen LogP contribution in [0.3, 0.4) is 0 Å². The molecule has 3 nitrogen and oxygen atoms in total. The third-order valence-corrected chi connectivity index (χ3v) is 3.37. The number of hydrogen-bond donors (Lipinski definition) is 2. The maximum atomic E-state index is 13.4. The molecule has 0 saturated carbocycles.